The third kappa shape index (κ3) is 5.96. The van der Waals surface area contributed by atoms with E-state index in [9.17, 15) is 18.3 Å². The van der Waals surface area contributed by atoms with Crippen LogP contribution in [-0.2, 0) is 39.8 Å². The van der Waals surface area contributed by atoms with Gasteiger partial charge in [-0.25, -0.2) is 18.1 Å². The molecule has 1 amide bonds. The van der Waals surface area contributed by atoms with Gasteiger partial charge in [-0.1, -0.05) is 12.1 Å². The van der Waals surface area contributed by atoms with Gasteiger partial charge in [0.2, 0.25) is 5.91 Å². The maximum atomic E-state index is 13.0. The number of hydrogen-bond donors (Lipinski definition) is 1. The van der Waals surface area contributed by atoms with Crippen LogP contribution in [0.4, 0.5) is 0 Å². The molecule has 12 nitrogen and oxygen atoms in total. The van der Waals surface area contributed by atoms with Crippen LogP contribution in [0.2, 0.25) is 0 Å². The molecular weight excluding hydrogens is 450 g/mol. The molecule has 184 valence electrons. The molecule has 3 heterocycles. The minimum absolute atomic E-state index is 0.0405. The van der Waals surface area contributed by atoms with Gasteiger partial charge in [0.1, 0.15) is 0 Å². The standard InChI is InChI=1S/C20H33N7O5S/c1-15-9-26(16(2)12-28)20(29)6-5-7-27-17(8-22-23-27)13-32-18(15)10-25(4)33(30,31)19-11-24(3)14-21-19/h8,11,14-16,18,28H,5-7,9-10,12-13H2,1-4H3/t15-,16-,18+/m1/s1. The number of ether oxygens (including phenoxy) is 1. The fraction of sp³-hybridized carbons (Fsp3) is 0.700. The second-order valence-electron chi connectivity index (χ2n) is 8.62. The second kappa shape index (κ2) is 10.7. The Kier molecular flexibility index (Phi) is 8.21. The van der Waals surface area contributed by atoms with Gasteiger partial charge in [0.15, 0.2) is 5.03 Å². The summed E-state index contributed by atoms with van der Waals surface area (Å²) in [5.74, 6) is -0.285. The van der Waals surface area contributed by atoms with E-state index in [1.165, 1.54) is 23.9 Å². The Morgan fingerprint density at radius 1 is 1.39 bits per heavy atom. The lowest BCUT2D eigenvalue weighted by Crippen LogP contribution is -2.47. The molecule has 0 fully saturated rings. The van der Waals surface area contributed by atoms with Crippen LogP contribution in [0.15, 0.2) is 23.7 Å². The van der Waals surface area contributed by atoms with Gasteiger partial charge in [-0.3, -0.25) is 4.79 Å². The number of aromatic nitrogens is 5. The molecule has 3 rings (SSSR count). The van der Waals surface area contributed by atoms with Crippen molar-refractivity contribution in [3.05, 3.63) is 24.4 Å². The summed E-state index contributed by atoms with van der Waals surface area (Å²) in [4.78, 5) is 18.5. The first-order chi connectivity index (χ1) is 15.6. The van der Waals surface area contributed by atoms with Crippen molar-refractivity contribution < 1.29 is 23.1 Å². The zero-order valence-electron chi connectivity index (χ0n) is 19.5. The summed E-state index contributed by atoms with van der Waals surface area (Å²) in [6.07, 6.45) is 4.87. The van der Waals surface area contributed by atoms with Crippen molar-refractivity contribution in [1.82, 2.24) is 33.8 Å². The molecule has 0 saturated carbocycles. The fourth-order valence-electron chi connectivity index (χ4n) is 3.78. The molecule has 0 saturated heterocycles. The minimum atomic E-state index is -3.82. The number of imidazole rings is 1. The summed E-state index contributed by atoms with van der Waals surface area (Å²) < 4.78 is 36.7. The van der Waals surface area contributed by atoms with Gasteiger partial charge < -0.3 is 19.3 Å². The number of likely N-dealkylation sites (N-methyl/N-ethyl adjacent to an activating group) is 1. The highest BCUT2D eigenvalue weighted by atomic mass is 32.2. The van der Waals surface area contributed by atoms with Gasteiger partial charge in [-0.2, -0.15) is 4.31 Å². The van der Waals surface area contributed by atoms with Crippen LogP contribution in [0.3, 0.4) is 0 Å². The minimum Gasteiger partial charge on any atom is -0.394 e. The number of carbonyl (C=O) groups is 1. The van der Waals surface area contributed by atoms with E-state index in [1.807, 2.05) is 6.92 Å². The van der Waals surface area contributed by atoms with Gasteiger partial charge in [0.25, 0.3) is 10.0 Å². The molecule has 2 aromatic heterocycles. The number of aryl methyl sites for hydroxylation is 2. The average Bonchev–Trinajstić information content (AvgIpc) is 3.42. The number of rotatable bonds is 6. The molecule has 1 aliphatic heterocycles. The number of fused-ring (bicyclic) bond motifs is 1. The maximum Gasteiger partial charge on any atom is 0.261 e. The first kappa shape index (κ1) is 25.3. The van der Waals surface area contributed by atoms with Crippen molar-refractivity contribution in [2.45, 2.75) is 57.0 Å². The number of nitrogens with zero attached hydrogens (tertiary/aromatic N) is 7. The van der Waals surface area contributed by atoms with E-state index in [1.54, 1.807) is 34.3 Å². The molecule has 0 aromatic carbocycles. The average molecular weight is 484 g/mol. The lowest BCUT2D eigenvalue weighted by atomic mass is 10.0. The van der Waals surface area contributed by atoms with Crippen molar-refractivity contribution in [3.8, 4) is 0 Å². The maximum absolute atomic E-state index is 13.0. The smallest absolute Gasteiger partial charge is 0.261 e. The molecule has 0 bridgehead atoms. The number of aliphatic hydroxyl groups is 1. The van der Waals surface area contributed by atoms with Crippen molar-refractivity contribution in [1.29, 1.82) is 0 Å². The highest BCUT2D eigenvalue weighted by Gasteiger charge is 2.32. The monoisotopic (exact) mass is 483 g/mol. The molecule has 2 aromatic rings. The Labute approximate surface area is 194 Å². The summed E-state index contributed by atoms with van der Waals surface area (Å²) in [7, 11) is -0.624. The van der Waals surface area contributed by atoms with E-state index in [0.29, 0.717) is 25.9 Å². The normalized spacial score (nSPS) is 22.0. The summed E-state index contributed by atoms with van der Waals surface area (Å²) in [6, 6.07) is -0.361. The predicted molar refractivity (Wildman–Crippen MR) is 118 cm³/mol. The third-order valence-corrected chi connectivity index (χ3v) is 7.64. The SMILES string of the molecule is C[C@@H]1CN([C@H](C)CO)C(=O)CCCn2nncc2CO[C@H]1CN(C)S(=O)(=O)c1cn(C)cn1. The first-order valence-corrected chi connectivity index (χ1v) is 12.4. The molecule has 3 atom stereocenters. The summed E-state index contributed by atoms with van der Waals surface area (Å²) in [5, 5.41) is 17.7. The van der Waals surface area contributed by atoms with E-state index in [-0.39, 0.29) is 42.7 Å². The topological polar surface area (TPSA) is 136 Å². The van der Waals surface area contributed by atoms with Crippen LogP contribution < -0.4 is 0 Å². The van der Waals surface area contributed by atoms with Gasteiger partial charge in [-0.05, 0) is 13.3 Å². The molecule has 13 heteroatoms. The van der Waals surface area contributed by atoms with Gasteiger partial charge in [0.05, 0.1) is 43.6 Å². The van der Waals surface area contributed by atoms with Crippen LogP contribution in [0, 0.1) is 5.92 Å². The number of aliphatic hydroxyl groups excluding tert-OH is 1. The van der Waals surface area contributed by atoms with E-state index in [0.717, 1.165) is 5.69 Å². The van der Waals surface area contributed by atoms with E-state index in [4.69, 9.17) is 4.74 Å². The van der Waals surface area contributed by atoms with Gasteiger partial charge >= 0.3 is 0 Å². The zero-order chi connectivity index (χ0) is 24.2. The quantitative estimate of drug-likeness (QED) is 0.600. The highest BCUT2D eigenvalue weighted by molar-refractivity contribution is 7.89. The molecule has 0 unspecified atom stereocenters. The van der Waals surface area contributed by atoms with Gasteiger partial charge in [0, 0.05) is 52.3 Å². The Hall–Kier alpha value is -2.35. The van der Waals surface area contributed by atoms with Crippen LogP contribution in [0.1, 0.15) is 32.4 Å². The number of carbonyl (C=O) groups excluding carboxylic acids is 1. The van der Waals surface area contributed by atoms with Crippen molar-refractivity contribution in [3.63, 3.8) is 0 Å². The second-order valence-corrected chi connectivity index (χ2v) is 10.6. The van der Waals surface area contributed by atoms with Crippen LogP contribution in [-0.4, -0.2) is 92.1 Å². The number of hydrogen-bond acceptors (Lipinski definition) is 8. The molecular formula is C20H33N7O5S. The summed E-state index contributed by atoms with van der Waals surface area (Å²) >= 11 is 0. The Morgan fingerprint density at radius 2 is 2.15 bits per heavy atom. The third-order valence-electron chi connectivity index (χ3n) is 5.93. The molecule has 0 spiro atoms. The van der Waals surface area contributed by atoms with Gasteiger partial charge in [-0.15, -0.1) is 5.10 Å². The lowest BCUT2D eigenvalue weighted by molar-refractivity contribution is -0.136. The lowest BCUT2D eigenvalue weighted by Gasteiger charge is -2.35. The molecule has 1 aliphatic rings. The van der Waals surface area contributed by atoms with Crippen LogP contribution in [0.5, 0.6) is 0 Å². The summed E-state index contributed by atoms with van der Waals surface area (Å²) in [5.41, 5.74) is 0.760. The number of sulfonamides is 1. The number of amides is 1. The molecule has 1 N–H and O–H groups in total. The van der Waals surface area contributed by atoms with E-state index in [2.05, 4.69) is 15.3 Å². The highest BCUT2D eigenvalue weighted by Crippen LogP contribution is 2.20. The van der Waals surface area contributed by atoms with Crippen molar-refractivity contribution in [2.24, 2.45) is 13.0 Å². The largest absolute Gasteiger partial charge is 0.394 e. The van der Waals surface area contributed by atoms with Crippen LogP contribution >= 0.6 is 0 Å². The van der Waals surface area contributed by atoms with E-state index < -0.39 is 16.1 Å². The molecule has 33 heavy (non-hydrogen) atoms. The Bertz CT molecular complexity index is 1040. The Balaban J connectivity index is 1.86. The van der Waals surface area contributed by atoms with Crippen molar-refractivity contribution >= 4 is 15.9 Å². The molecule has 0 aliphatic carbocycles. The first-order valence-electron chi connectivity index (χ1n) is 11.0. The van der Waals surface area contributed by atoms with Crippen molar-refractivity contribution in [2.75, 3.05) is 26.7 Å². The zero-order valence-corrected chi connectivity index (χ0v) is 20.3. The summed E-state index contributed by atoms with van der Waals surface area (Å²) in [6.45, 7) is 4.67. The van der Waals surface area contributed by atoms with Crippen LogP contribution in [0.25, 0.3) is 0 Å². The molecule has 0 radical (unpaired) electrons. The van der Waals surface area contributed by atoms with E-state index >= 15 is 0 Å². The fourth-order valence-corrected chi connectivity index (χ4v) is 4.92. The Morgan fingerprint density at radius 3 is 2.82 bits per heavy atom. The predicted octanol–water partition coefficient (Wildman–Crippen LogP) is -0.143.